The van der Waals surface area contributed by atoms with Gasteiger partial charge in [-0.3, -0.25) is 9.77 Å². The quantitative estimate of drug-likeness (QED) is 0.245. The van der Waals surface area contributed by atoms with Crippen LogP contribution in [0.2, 0.25) is 0 Å². The van der Waals surface area contributed by atoms with Crippen LogP contribution >= 0.6 is 43.1 Å². The predicted octanol–water partition coefficient (Wildman–Crippen LogP) is 3.11. The summed E-state index contributed by atoms with van der Waals surface area (Å²) in [6, 6.07) is 0.284. The first kappa shape index (κ1) is 21.6. The van der Waals surface area contributed by atoms with Crippen LogP contribution in [0.3, 0.4) is 0 Å². The first-order chi connectivity index (χ1) is 12.0. The minimum absolute atomic E-state index is 0.249. The van der Waals surface area contributed by atoms with E-state index in [4.69, 9.17) is 39.9 Å². The van der Waals surface area contributed by atoms with Crippen molar-refractivity contribution < 1.29 is 14.3 Å². The Hall–Kier alpha value is 0.340. The third-order valence-electron chi connectivity index (χ3n) is 4.46. The molecule has 0 aromatic heterocycles. The van der Waals surface area contributed by atoms with Crippen molar-refractivity contribution in [3.63, 3.8) is 0 Å². The third kappa shape index (κ3) is 6.18. The summed E-state index contributed by atoms with van der Waals surface area (Å²) < 4.78 is 20.2. The van der Waals surface area contributed by atoms with E-state index < -0.39 is 13.8 Å². The van der Waals surface area contributed by atoms with Gasteiger partial charge in [-0.15, -0.1) is 23.2 Å². The molecule has 0 amide bonds. The fraction of sp³-hybridized carbons (Fsp3) is 0.929. The molecule has 1 saturated heterocycles. The van der Waals surface area contributed by atoms with Crippen molar-refractivity contribution in [2.45, 2.75) is 50.7 Å². The number of thiocarbonyl (C=S) groups is 1. The average molecular weight is 433 g/mol. The lowest BCUT2D eigenvalue weighted by atomic mass is 9.96. The van der Waals surface area contributed by atoms with Crippen LogP contribution in [0.25, 0.3) is 0 Å². The zero-order chi connectivity index (χ0) is 18.3. The highest BCUT2D eigenvalue weighted by Gasteiger charge is 2.40. The molecule has 1 heterocycles. The van der Waals surface area contributed by atoms with Crippen molar-refractivity contribution in [1.29, 1.82) is 0 Å². The van der Waals surface area contributed by atoms with Crippen LogP contribution in [0.4, 0.5) is 0 Å². The Kier molecular flexibility index (Phi) is 9.19. The summed E-state index contributed by atoms with van der Waals surface area (Å²) in [5.74, 6) is 0.613. The van der Waals surface area contributed by atoms with Gasteiger partial charge in [-0.25, -0.2) is 14.8 Å². The van der Waals surface area contributed by atoms with Crippen molar-refractivity contribution in [3.8, 4) is 0 Å². The van der Waals surface area contributed by atoms with Gasteiger partial charge in [0.2, 0.25) is 0 Å². The molecule has 25 heavy (non-hydrogen) atoms. The van der Waals surface area contributed by atoms with Crippen LogP contribution < -0.4 is 10.4 Å². The van der Waals surface area contributed by atoms with Gasteiger partial charge in [0.1, 0.15) is 6.17 Å². The largest absolute Gasteiger partial charge is 0.358 e. The molecule has 146 valence electrons. The third-order valence-corrected chi connectivity index (χ3v) is 7.41. The Bertz CT molecular complexity index is 479. The lowest BCUT2D eigenvalue weighted by Crippen LogP contribution is -2.55. The minimum Gasteiger partial charge on any atom is -0.358 e. The first-order valence-electron chi connectivity index (χ1n) is 8.68. The summed E-state index contributed by atoms with van der Waals surface area (Å²) >= 11 is 16.9. The van der Waals surface area contributed by atoms with Gasteiger partial charge in [-0.2, -0.15) is 0 Å². The van der Waals surface area contributed by atoms with Gasteiger partial charge in [0, 0.05) is 37.3 Å². The van der Waals surface area contributed by atoms with Crippen LogP contribution in [0.15, 0.2) is 0 Å². The van der Waals surface area contributed by atoms with Crippen molar-refractivity contribution in [2.24, 2.45) is 0 Å². The predicted molar refractivity (Wildman–Crippen MR) is 104 cm³/mol. The van der Waals surface area contributed by atoms with Gasteiger partial charge in [0.25, 0.3) is 0 Å². The van der Waals surface area contributed by atoms with E-state index in [1.165, 1.54) is 19.3 Å². The Labute approximate surface area is 164 Å². The fourth-order valence-corrected chi connectivity index (χ4v) is 6.15. The molecule has 1 aliphatic heterocycles. The molecule has 2 aliphatic rings. The Morgan fingerprint density at radius 1 is 1.24 bits per heavy atom. The van der Waals surface area contributed by atoms with E-state index in [2.05, 4.69) is 10.4 Å². The average Bonchev–Trinajstić information content (AvgIpc) is 2.61. The van der Waals surface area contributed by atoms with Crippen LogP contribution in [0.1, 0.15) is 38.5 Å². The lowest BCUT2D eigenvalue weighted by molar-refractivity contribution is -0.0718. The molecule has 2 atom stereocenters. The number of hydrogen-bond acceptors (Lipinski definition) is 4. The van der Waals surface area contributed by atoms with Crippen LogP contribution in [-0.4, -0.2) is 63.7 Å². The highest BCUT2D eigenvalue weighted by molar-refractivity contribution is 7.80. The summed E-state index contributed by atoms with van der Waals surface area (Å²) in [4.78, 5) is 0. The summed E-state index contributed by atoms with van der Waals surface area (Å²) in [5.41, 5.74) is 0. The maximum absolute atomic E-state index is 13.1. The number of hydroxylamine groups is 2. The van der Waals surface area contributed by atoms with Crippen LogP contribution in [-0.2, 0) is 9.09 Å². The van der Waals surface area contributed by atoms with E-state index in [1.54, 1.807) is 4.67 Å². The van der Waals surface area contributed by atoms with Crippen molar-refractivity contribution in [3.05, 3.63) is 0 Å². The number of hydrogen-bond donors (Lipinski definition) is 3. The SMILES string of the molecule is O=P1(N(CCCl)CCCl)NC(N(O)C(=S)NC2CCCCC2)CCO1. The van der Waals surface area contributed by atoms with E-state index in [0.29, 0.717) is 31.3 Å². The molecule has 2 rings (SSSR count). The number of nitrogens with zero attached hydrogens (tertiary/aromatic N) is 2. The van der Waals surface area contributed by atoms with E-state index in [-0.39, 0.29) is 17.8 Å². The van der Waals surface area contributed by atoms with E-state index in [1.807, 2.05) is 0 Å². The molecule has 2 unspecified atom stereocenters. The highest BCUT2D eigenvalue weighted by atomic mass is 35.5. The standard InChI is InChI=1S/C14H27Cl2N4O3PS/c15-7-9-19(10-8-16)24(22)18-13(6-11-23-24)20(21)14(25)17-12-4-2-1-3-5-12/h12-13,21H,1-11H2,(H,17,25)(H,18,22). The fourth-order valence-electron chi connectivity index (χ4n) is 3.12. The molecule has 2 fully saturated rings. The van der Waals surface area contributed by atoms with Crippen molar-refractivity contribution in [2.75, 3.05) is 31.5 Å². The van der Waals surface area contributed by atoms with Gasteiger partial charge in [0.15, 0.2) is 5.11 Å². The topological polar surface area (TPSA) is 77.1 Å². The first-order valence-corrected chi connectivity index (χ1v) is 11.7. The van der Waals surface area contributed by atoms with E-state index in [9.17, 15) is 9.77 Å². The molecule has 0 aromatic rings. The molecule has 1 aliphatic carbocycles. The molecular weight excluding hydrogens is 406 g/mol. The molecule has 0 aromatic carbocycles. The number of nitrogens with one attached hydrogen (secondary N) is 2. The number of halogens is 2. The maximum Gasteiger partial charge on any atom is 0.345 e. The zero-order valence-corrected chi connectivity index (χ0v) is 17.4. The molecule has 1 saturated carbocycles. The zero-order valence-electron chi connectivity index (χ0n) is 14.2. The van der Waals surface area contributed by atoms with Gasteiger partial charge in [-0.05, 0) is 25.1 Å². The van der Waals surface area contributed by atoms with Gasteiger partial charge in [0.05, 0.1) is 6.61 Å². The smallest absolute Gasteiger partial charge is 0.345 e. The second-order valence-electron chi connectivity index (χ2n) is 6.25. The molecule has 3 N–H and O–H groups in total. The van der Waals surface area contributed by atoms with Crippen molar-refractivity contribution in [1.82, 2.24) is 20.1 Å². The Morgan fingerprint density at radius 2 is 1.88 bits per heavy atom. The second-order valence-corrected chi connectivity index (χ2v) is 9.51. The van der Waals surface area contributed by atoms with Gasteiger partial charge < -0.3 is 9.84 Å². The monoisotopic (exact) mass is 432 g/mol. The Balaban J connectivity index is 1.95. The molecule has 0 bridgehead atoms. The van der Waals surface area contributed by atoms with Crippen molar-refractivity contribution >= 4 is 48.2 Å². The van der Waals surface area contributed by atoms with E-state index in [0.717, 1.165) is 17.9 Å². The molecular formula is C14H27Cl2N4O3PS. The van der Waals surface area contributed by atoms with E-state index >= 15 is 0 Å². The van der Waals surface area contributed by atoms with Crippen LogP contribution in [0, 0.1) is 0 Å². The minimum atomic E-state index is -3.32. The summed E-state index contributed by atoms with van der Waals surface area (Å²) in [7, 11) is -3.32. The lowest BCUT2D eigenvalue weighted by Gasteiger charge is -2.40. The second kappa shape index (κ2) is 10.6. The molecule has 11 heteroatoms. The highest BCUT2D eigenvalue weighted by Crippen LogP contribution is 2.49. The van der Waals surface area contributed by atoms with Gasteiger partial charge in [-0.1, -0.05) is 19.3 Å². The number of rotatable bonds is 7. The summed E-state index contributed by atoms with van der Waals surface area (Å²) in [6.07, 6.45) is 5.55. The summed E-state index contributed by atoms with van der Waals surface area (Å²) in [6.45, 7) is 1.00. The maximum atomic E-state index is 13.1. The Morgan fingerprint density at radius 3 is 2.48 bits per heavy atom. The summed E-state index contributed by atoms with van der Waals surface area (Å²) in [5, 5.41) is 17.8. The van der Waals surface area contributed by atoms with Gasteiger partial charge >= 0.3 is 7.67 Å². The molecule has 0 radical (unpaired) electrons. The normalized spacial score (nSPS) is 28.1. The molecule has 0 spiro atoms. The van der Waals surface area contributed by atoms with Crippen LogP contribution in [0.5, 0.6) is 0 Å². The molecule has 7 nitrogen and oxygen atoms in total. The number of alkyl halides is 2.